The maximum atomic E-state index is 14.7. The van der Waals surface area contributed by atoms with Crippen LogP contribution in [0.15, 0.2) is 18.6 Å². The van der Waals surface area contributed by atoms with Crippen molar-refractivity contribution in [2.45, 2.75) is 37.7 Å². The Morgan fingerprint density at radius 1 is 1.21 bits per heavy atom. The minimum Gasteiger partial charge on any atom is -0.372 e. The highest BCUT2D eigenvalue weighted by molar-refractivity contribution is 5.55. The Kier molecular flexibility index (Phi) is 5.32. The molecule has 0 unspecified atom stereocenters. The first kappa shape index (κ1) is 19.9. The van der Waals surface area contributed by atoms with Crippen molar-refractivity contribution < 1.29 is 17.6 Å². The molecule has 1 aliphatic carbocycles. The van der Waals surface area contributed by atoms with E-state index in [9.17, 15) is 17.6 Å². The maximum absolute atomic E-state index is 14.7. The molecule has 11 heteroatoms. The average Bonchev–Trinajstić information content (AvgIpc) is 3.36. The Balaban J connectivity index is 1.41. The van der Waals surface area contributed by atoms with E-state index in [-0.39, 0.29) is 17.8 Å². The van der Waals surface area contributed by atoms with Gasteiger partial charge in [-0.25, -0.2) is 9.37 Å². The summed E-state index contributed by atoms with van der Waals surface area (Å²) in [5.41, 5.74) is -0.459. The van der Waals surface area contributed by atoms with Gasteiger partial charge in [-0.2, -0.15) is 23.3 Å². The van der Waals surface area contributed by atoms with Gasteiger partial charge in [0.15, 0.2) is 0 Å². The molecular weight excluding hydrogens is 390 g/mol. The Morgan fingerprint density at radius 2 is 2.00 bits per heavy atom. The van der Waals surface area contributed by atoms with Crippen LogP contribution in [0.3, 0.4) is 0 Å². The molecule has 0 spiro atoms. The summed E-state index contributed by atoms with van der Waals surface area (Å²) in [6.07, 6.45) is 1.42. The van der Waals surface area contributed by atoms with Crippen molar-refractivity contribution >= 4 is 17.5 Å². The molecular formula is C18H23F4N7. The lowest BCUT2D eigenvalue weighted by atomic mass is 10.0. The summed E-state index contributed by atoms with van der Waals surface area (Å²) >= 11 is 0. The number of nitrogens with zero attached hydrogens (tertiary/aromatic N) is 5. The minimum atomic E-state index is -4.55. The third-order valence-electron chi connectivity index (χ3n) is 5.33. The minimum absolute atomic E-state index is 0.00190. The monoisotopic (exact) mass is 413 g/mol. The molecule has 0 bridgehead atoms. The van der Waals surface area contributed by atoms with Gasteiger partial charge in [0.05, 0.1) is 17.9 Å². The molecule has 0 aromatic carbocycles. The summed E-state index contributed by atoms with van der Waals surface area (Å²) in [4.78, 5) is 9.77. The SMILES string of the molecule is CNc1nc(Nc2cnn([C@@H]3CCN(CC4CC4)C[C@H]3F)c2)ncc1C(F)(F)F. The van der Waals surface area contributed by atoms with Gasteiger partial charge in [-0.3, -0.25) is 4.68 Å². The molecule has 0 radical (unpaired) electrons. The van der Waals surface area contributed by atoms with Crippen LogP contribution >= 0.6 is 0 Å². The molecule has 2 aromatic rings. The molecule has 2 atom stereocenters. The van der Waals surface area contributed by atoms with Crippen molar-refractivity contribution in [2.24, 2.45) is 5.92 Å². The molecule has 4 rings (SSSR count). The Hall–Kier alpha value is -2.43. The molecule has 29 heavy (non-hydrogen) atoms. The van der Waals surface area contributed by atoms with Gasteiger partial charge in [0.25, 0.3) is 0 Å². The van der Waals surface area contributed by atoms with Gasteiger partial charge < -0.3 is 15.5 Å². The van der Waals surface area contributed by atoms with E-state index >= 15 is 0 Å². The van der Waals surface area contributed by atoms with Crippen LogP contribution < -0.4 is 10.6 Å². The molecule has 2 N–H and O–H groups in total. The van der Waals surface area contributed by atoms with Crippen LogP contribution in [-0.2, 0) is 6.18 Å². The average molecular weight is 413 g/mol. The third-order valence-corrected chi connectivity index (χ3v) is 5.33. The lowest BCUT2D eigenvalue weighted by Gasteiger charge is -2.34. The smallest absolute Gasteiger partial charge is 0.372 e. The van der Waals surface area contributed by atoms with Crippen LogP contribution in [0.2, 0.25) is 0 Å². The van der Waals surface area contributed by atoms with E-state index in [1.54, 1.807) is 10.9 Å². The second-order valence-electron chi connectivity index (χ2n) is 7.61. The molecule has 7 nitrogen and oxygen atoms in total. The Labute approximate surface area is 165 Å². The number of anilines is 3. The molecule has 3 heterocycles. The molecule has 2 aromatic heterocycles. The Bertz CT molecular complexity index is 849. The second kappa shape index (κ2) is 7.77. The molecule has 158 valence electrons. The highest BCUT2D eigenvalue weighted by Gasteiger charge is 2.35. The number of hydrogen-bond donors (Lipinski definition) is 2. The fourth-order valence-corrected chi connectivity index (χ4v) is 3.64. The third kappa shape index (κ3) is 4.60. The van der Waals surface area contributed by atoms with Crippen molar-refractivity contribution in [1.82, 2.24) is 24.6 Å². The highest BCUT2D eigenvalue weighted by Crippen LogP contribution is 2.34. The zero-order valence-corrected chi connectivity index (χ0v) is 16.0. The number of halogens is 4. The summed E-state index contributed by atoms with van der Waals surface area (Å²) in [7, 11) is 1.36. The first-order valence-corrected chi connectivity index (χ1v) is 9.63. The Morgan fingerprint density at radius 3 is 2.66 bits per heavy atom. The normalized spacial score (nSPS) is 23.2. The van der Waals surface area contributed by atoms with Crippen molar-refractivity contribution in [1.29, 1.82) is 0 Å². The van der Waals surface area contributed by atoms with E-state index in [1.807, 2.05) is 0 Å². The number of hydrogen-bond acceptors (Lipinski definition) is 6. The van der Waals surface area contributed by atoms with Crippen LogP contribution in [0.1, 0.15) is 30.9 Å². The topological polar surface area (TPSA) is 70.9 Å². The van der Waals surface area contributed by atoms with Gasteiger partial charge in [0, 0.05) is 39.1 Å². The molecule has 2 aliphatic rings. The lowest BCUT2D eigenvalue weighted by molar-refractivity contribution is -0.137. The molecule has 1 saturated heterocycles. The van der Waals surface area contributed by atoms with Crippen molar-refractivity contribution in [3.63, 3.8) is 0 Å². The second-order valence-corrected chi connectivity index (χ2v) is 7.61. The first-order chi connectivity index (χ1) is 13.8. The number of nitrogens with one attached hydrogen (secondary N) is 2. The number of rotatable bonds is 6. The molecule has 0 amide bonds. The molecule has 1 aliphatic heterocycles. The number of aromatic nitrogens is 4. The maximum Gasteiger partial charge on any atom is 0.421 e. The summed E-state index contributed by atoms with van der Waals surface area (Å²) in [6.45, 7) is 2.20. The van der Waals surface area contributed by atoms with Gasteiger partial charge in [0.1, 0.15) is 17.6 Å². The lowest BCUT2D eigenvalue weighted by Crippen LogP contribution is -2.43. The van der Waals surface area contributed by atoms with Crippen molar-refractivity contribution in [3.8, 4) is 0 Å². The number of alkyl halides is 4. The number of piperidine rings is 1. The molecule has 2 fully saturated rings. The zero-order chi connectivity index (χ0) is 20.6. The fraction of sp³-hybridized carbons (Fsp3) is 0.611. The predicted octanol–water partition coefficient (Wildman–Crippen LogP) is 3.47. The molecule has 1 saturated carbocycles. The largest absolute Gasteiger partial charge is 0.421 e. The van der Waals surface area contributed by atoms with Gasteiger partial charge in [-0.05, 0) is 25.2 Å². The van der Waals surface area contributed by atoms with E-state index in [1.165, 1.54) is 26.1 Å². The van der Waals surface area contributed by atoms with E-state index < -0.39 is 17.9 Å². The van der Waals surface area contributed by atoms with Gasteiger partial charge in [-0.1, -0.05) is 0 Å². The van der Waals surface area contributed by atoms with E-state index in [0.717, 1.165) is 25.2 Å². The summed E-state index contributed by atoms with van der Waals surface area (Å²) in [5, 5.41) is 9.48. The van der Waals surface area contributed by atoms with Crippen LogP contribution in [0, 0.1) is 5.92 Å². The predicted molar refractivity (Wildman–Crippen MR) is 99.8 cm³/mol. The highest BCUT2D eigenvalue weighted by atomic mass is 19.4. The van der Waals surface area contributed by atoms with Crippen LogP contribution in [0.5, 0.6) is 0 Å². The summed E-state index contributed by atoms with van der Waals surface area (Å²) in [6, 6.07) is -0.359. The van der Waals surface area contributed by atoms with E-state index in [4.69, 9.17) is 0 Å². The van der Waals surface area contributed by atoms with Crippen LogP contribution in [-0.4, -0.2) is 57.5 Å². The zero-order valence-electron chi connectivity index (χ0n) is 16.0. The van der Waals surface area contributed by atoms with Gasteiger partial charge in [0.2, 0.25) is 5.95 Å². The summed E-state index contributed by atoms with van der Waals surface area (Å²) in [5.74, 6) is 0.401. The van der Waals surface area contributed by atoms with Crippen molar-refractivity contribution in [2.75, 3.05) is 37.3 Å². The van der Waals surface area contributed by atoms with E-state index in [0.29, 0.717) is 18.7 Å². The fourth-order valence-electron chi connectivity index (χ4n) is 3.64. The van der Waals surface area contributed by atoms with E-state index in [2.05, 4.69) is 30.6 Å². The summed E-state index contributed by atoms with van der Waals surface area (Å²) < 4.78 is 55.1. The standard InChI is InChI=1S/C18H23F4N7/c1-23-16-13(18(20,21)22)7-24-17(27-16)26-12-6-25-29(9-12)15-4-5-28(10-14(15)19)8-11-2-3-11/h6-7,9,11,14-15H,2-5,8,10H2,1H3,(H2,23,24,26,27)/t14-,15-/m1/s1. The van der Waals surface area contributed by atoms with Gasteiger partial charge >= 0.3 is 6.18 Å². The van der Waals surface area contributed by atoms with Gasteiger partial charge in [-0.15, -0.1) is 0 Å². The van der Waals surface area contributed by atoms with Crippen LogP contribution in [0.25, 0.3) is 0 Å². The first-order valence-electron chi connectivity index (χ1n) is 9.63. The van der Waals surface area contributed by atoms with Crippen LogP contribution in [0.4, 0.5) is 35.0 Å². The van der Waals surface area contributed by atoms with Crippen molar-refractivity contribution in [3.05, 3.63) is 24.2 Å². The number of likely N-dealkylation sites (tertiary alicyclic amines) is 1. The quantitative estimate of drug-likeness (QED) is 0.707.